The predicted octanol–water partition coefficient (Wildman–Crippen LogP) is 12.7. The molecule has 8 rings (SSSR count). The summed E-state index contributed by atoms with van der Waals surface area (Å²) in [4.78, 5) is 4.58. The van der Waals surface area contributed by atoms with Crippen molar-refractivity contribution in [3.8, 4) is 39.1 Å². The average Bonchev–Trinajstić information content (AvgIpc) is 3.52. The molecule has 0 unspecified atom stereocenters. The average molecular weight is 658 g/mol. The summed E-state index contributed by atoms with van der Waals surface area (Å²) in [7, 11) is 1.98. The van der Waals surface area contributed by atoms with E-state index in [9.17, 15) is 0 Å². The van der Waals surface area contributed by atoms with Crippen molar-refractivity contribution in [2.24, 2.45) is 4.99 Å². The van der Waals surface area contributed by atoms with Crippen LogP contribution in [0.25, 0.3) is 72.1 Å². The van der Waals surface area contributed by atoms with Gasteiger partial charge < -0.3 is 9.88 Å². The highest BCUT2D eigenvalue weighted by Crippen LogP contribution is 2.41. The van der Waals surface area contributed by atoms with Gasteiger partial charge in [0.2, 0.25) is 0 Å². The quantitative estimate of drug-likeness (QED) is 0.128. The number of nitrogens with one attached hydrogen (secondary N) is 1. The number of benzene rings is 7. The number of aromatic nitrogens is 1. The number of para-hydroxylation sites is 2. The molecule has 8 aromatic rings. The van der Waals surface area contributed by atoms with E-state index in [4.69, 9.17) is 0 Å². The van der Waals surface area contributed by atoms with Crippen LogP contribution in [0.4, 0.5) is 5.69 Å². The van der Waals surface area contributed by atoms with E-state index in [-0.39, 0.29) is 0 Å². The molecule has 7 aromatic carbocycles. The molecule has 3 nitrogen and oxygen atoms in total. The minimum absolute atomic E-state index is 0.896. The Balaban J connectivity index is 1.34. The van der Waals surface area contributed by atoms with Crippen molar-refractivity contribution < 1.29 is 0 Å². The highest BCUT2D eigenvalue weighted by atomic mass is 15.0. The zero-order valence-electron chi connectivity index (χ0n) is 29.2. The Morgan fingerprint density at radius 3 is 2.04 bits per heavy atom. The molecule has 51 heavy (non-hydrogen) atoms. The van der Waals surface area contributed by atoms with Crippen LogP contribution in [0.1, 0.15) is 23.6 Å². The highest BCUT2D eigenvalue weighted by Gasteiger charge is 2.18. The van der Waals surface area contributed by atoms with Crippen molar-refractivity contribution >= 4 is 45.5 Å². The van der Waals surface area contributed by atoms with Crippen LogP contribution in [-0.4, -0.2) is 18.3 Å². The second-order valence-corrected chi connectivity index (χ2v) is 13.0. The standard InChI is InChI=1S/C48H39N3/c1-32-15-8-9-20-39(32)48(50-4)33(2)40-27-25-36(30-44(40)41-21-10-12-23-45(41)49-3)37-26-28-43-42-22-11-13-24-46(42)51(47(43)31-37)38-19-14-18-35(29-38)34-16-6-5-7-17-34/h5-31,49H,4H2,1-3H3/b48-33-. The molecule has 246 valence electrons. The molecule has 1 heterocycles. The van der Waals surface area contributed by atoms with Crippen LogP contribution >= 0.6 is 0 Å². The minimum Gasteiger partial charge on any atom is -0.388 e. The third-order valence-corrected chi connectivity index (χ3v) is 10.0. The number of rotatable bonds is 8. The molecule has 0 saturated heterocycles. The summed E-state index contributed by atoms with van der Waals surface area (Å²) < 4.78 is 2.41. The number of allylic oxidation sites excluding steroid dienone is 1. The maximum absolute atomic E-state index is 4.58. The van der Waals surface area contributed by atoms with Crippen molar-refractivity contribution in [2.45, 2.75) is 13.8 Å². The van der Waals surface area contributed by atoms with Gasteiger partial charge >= 0.3 is 0 Å². The van der Waals surface area contributed by atoms with Gasteiger partial charge in [0.25, 0.3) is 0 Å². The Bertz CT molecular complexity index is 2600. The fourth-order valence-corrected chi connectivity index (χ4v) is 7.47. The Kier molecular flexibility index (Phi) is 8.39. The molecule has 0 amide bonds. The van der Waals surface area contributed by atoms with Gasteiger partial charge in [-0.1, -0.05) is 127 Å². The zero-order chi connectivity index (χ0) is 34.9. The number of aryl methyl sites for hydroxylation is 1. The van der Waals surface area contributed by atoms with Gasteiger partial charge in [-0.3, -0.25) is 4.99 Å². The maximum Gasteiger partial charge on any atom is 0.0732 e. The number of hydrogen-bond donors (Lipinski definition) is 1. The summed E-state index contributed by atoms with van der Waals surface area (Å²) in [5.41, 5.74) is 16.9. The second kappa shape index (κ2) is 13.5. The molecular weight excluding hydrogens is 619 g/mol. The molecule has 0 bridgehead atoms. The van der Waals surface area contributed by atoms with Crippen LogP contribution in [0.2, 0.25) is 0 Å². The summed E-state index contributed by atoms with van der Waals surface area (Å²) in [6.45, 7) is 8.29. The summed E-state index contributed by atoms with van der Waals surface area (Å²) >= 11 is 0. The van der Waals surface area contributed by atoms with Gasteiger partial charge in [0.15, 0.2) is 0 Å². The molecule has 0 radical (unpaired) electrons. The lowest BCUT2D eigenvalue weighted by Crippen LogP contribution is -1.97. The van der Waals surface area contributed by atoms with Gasteiger partial charge in [-0.25, -0.2) is 0 Å². The third-order valence-electron chi connectivity index (χ3n) is 10.0. The molecule has 0 aliphatic heterocycles. The lowest BCUT2D eigenvalue weighted by Gasteiger charge is -2.18. The molecule has 0 aliphatic carbocycles. The van der Waals surface area contributed by atoms with Crippen molar-refractivity contribution in [1.29, 1.82) is 0 Å². The number of nitrogens with zero attached hydrogens (tertiary/aromatic N) is 2. The third kappa shape index (κ3) is 5.73. The van der Waals surface area contributed by atoms with Crippen molar-refractivity contribution in [3.63, 3.8) is 0 Å². The SMILES string of the molecule is C=N/C(=C(/C)c1ccc(-c2ccc3c4ccccc4n(-c4cccc(-c5ccccc5)c4)c3c2)cc1-c1ccccc1NC)c1ccccc1C. The number of fused-ring (bicyclic) bond motifs is 3. The van der Waals surface area contributed by atoms with E-state index >= 15 is 0 Å². The summed E-state index contributed by atoms with van der Waals surface area (Å²) in [6, 6.07) is 58.7. The Labute approximate surface area is 299 Å². The van der Waals surface area contributed by atoms with Crippen molar-refractivity contribution in [3.05, 3.63) is 180 Å². The van der Waals surface area contributed by atoms with E-state index in [0.717, 1.165) is 56.0 Å². The Morgan fingerprint density at radius 2 is 1.22 bits per heavy atom. The molecular formula is C48H39N3. The number of hydrogen-bond acceptors (Lipinski definition) is 2. The maximum atomic E-state index is 4.58. The van der Waals surface area contributed by atoms with Crippen molar-refractivity contribution in [1.82, 2.24) is 4.57 Å². The molecule has 0 atom stereocenters. The summed E-state index contributed by atoms with van der Waals surface area (Å²) in [5.74, 6) is 0. The van der Waals surface area contributed by atoms with Crippen LogP contribution < -0.4 is 5.32 Å². The van der Waals surface area contributed by atoms with E-state index < -0.39 is 0 Å². The van der Waals surface area contributed by atoms with Crippen molar-refractivity contribution in [2.75, 3.05) is 12.4 Å². The fraction of sp³-hybridized carbons (Fsp3) is 0.0625. The van der Waals surface area contributed by atoms with E-state index in [0.29, 0.717) is 0 Å². The molecule has 0 saturated carbocycles. The van der Waals surface area contributed by atoms with Crippen LogP contribution in [0, 0.1) is 6.92 Å². The van der Waals surface area contributed by atoms with Gasteiger partial charge in [0.1, 0.15) is 0 Å². The normalized spacial score (nSPS) is 11.8. The first-order valence-electron chi connectivity index (χ1n) is 17.4. The number of anilines is 1. The molecule has 0 aliphatic rings. The minimum atomic E-state index is 0.896. The van der Waals surface area contributed by atoms with Crippen LogP contribution in [-0.2, 0) is 0 Å². The predicted molar refractivity (Wildman–Crippen MR) is 220 cm³/mol. The zero-order valence-corrected chi connectivity index (χ0v) is 29.2. The van der Waals surface area contributed by atoms with Gasteiger partial charge in [0, 0.05) is 40.3 Å². The molecule has 3 heteroatoms. The molecule has 1 N–H and O–H groups in total. The van der Waals surface area contributed by atoms with E-state index in [1.54, 1.807) is 0 Å². The van der Waals surface area contributed by atoms with Gasteiger partial charge in [-0.2, -0.15) is 0 Å². The van der Waals surface area contributed by atoms with Gasteiger partial charge in [0.05, 0.1) is 16.7 Å². The van der Waals surface area contributed by atoms with Crippen LogP contribution in [0.5, 0.6) is 0 Å². The molecule has 0 fully saturated rings. The fourth-order valence-electron chi connectivity index (χ4n) is 7.47. The lowest BCUT2D eigenvalue weighted by atomic mass is 9.88. The first-order valence-corrected chi connectivity index (χ1v) is 17.4. The first kappa shape index (κ1) is 31.8. The monoisotopic (exact) mass is 657 g/mol. The Morgan fingerprint density at radius 1 is 0.549 bits per heavy atom. The first-order chi connectivity index (χ1) is 25.1. The highest BCUT2D eigenvalue weighted by molar-refractivity contribution is 6.10. The van der Waals surface area contributed by atoms with E-state index in [2.05, 4.69) is 199 Å². The smallest absolute Gasteiger partial charge is 0.0732 e. The summed E-state index contributed by atoms with van der Waals surface area (Å²) in [6.07, 6.45) is 0. The Hall–Kier alpha value is -6.45. The summed E-state index contributed by atoms with van der Waals surface area (Å²) in [5, 5.41) is 5.90. The molecule has 1 aromatic heterocycles. The molecule has 0 spiro atoms. The second-order valence-electron chi connectivity index (χ2n) is 13.0. The van der Waals surface area contributed by atoms with Crippen LogP contribution in [0.3, 0.4) is 0 Å². The lowest BCUT2D eigenvalue weighted by molar-refractivity contribution is 1.18. The van der Waals surface area contributed by atoms with E-state index in [1.807, 2.05) is 7.05 Å². The van der Waals surface area contributed by atoms with Crippen LogP contribution in [0.15, 0.2) is 169 Å². The number of aliphatic imine (C=N–C) groups is 1. The van der Waals surface area contributed by atoms with E-state index in [1.165, 1.54) is 38.5 Å². The largest absolute Gasteiger partial charge is 0.388 e. The topological polar surface area (TPSA) is 29.3 Å². The van der Waals surface area contributed by atoms with Gasteiger partial charge in [-0.05, 0) is 101 Å². The van der Waals surface area contributed by atoms with Gasteiger partial charge in [-0.15, -0.1) is 0 Å².